The Balaban J connectivity index is 1.65. The summed E-state index contributed by atoms with van der Waals surface area (Å²) in [7, 11) is 1.63. The number of rotatable bonds is 5. The normalized spacial score (nSPS) is 13.1. The van der Waals surface area contributed by atoms with E-state index in [0.29, 0.717) is 23.7 Å². The SMILES string of the molecule is COc1ccc2c(C)cc(SCc3cc([N+](=O)[O-])cc4c3OCOC4)nc2c1. The summed E-state index contributed by atoms with van der Waals surface area (Å²) < 4.78 is 16.2. The molecule has 0 radical (unpaired) electrons. The van der Waals surface area contributed by atoms with Crippen LogP contribution in [0.3, 0.4) is 0 Å². The van der Waals surface area contributed by atoms with Crippen molar-refractivity contribution in [3.8, 4) is 11.5 Å². The number of ether oxygens (including phenoxy) is 3. The largest absolute Gasteiger partial charge is 0.497 e. The predicted octanol–water partition coefficient (Wildman–Crippen LogP) is 4.62. The summed E-state index contributed by atoms with van der Waals surface area (Å²) in [6, 6.07) is 10.9. The summed E-state index contributed by atoms with van der Waals surface area (Å²) in [6.45, 7) is 2.49. The minimum absolute atomic E-state index is 0.0378. The van der Waals surface area contributed by atoms with E-state index in [1.54, 1.807) is 13.2 Å². The van der Waals surface area contributed by atoms with Gasteiger partial charge in [0.05, 0.1) is 29.2 Å². The van der Waals surface area contributed by atoms with E-state index in [9.17, 15) is 10.1 Å². The molecule has 0 amide bonds. The molecule has 3 aromatic rings. The highest BCUT2D eigenvalue weighted by Crippen LogP contribution is 2.36. The number of pyridine rings is 1. The van der Waals surface area contributed by atoms with Gasteiger partial charge in [0.1, 0.15) is 11.5 Å². The fourth-order valence-corrected chi connectivity index (χ4v) is 4.14. The van der Waals surface area contributed by atoms with E-state index in [1.807, 2.05) is 31.2 Å². The maximum Gasteiger partial charge on any atom is 0.270 e. The van der Waals surface area contributed by atoms with Crippen LogP contribution in [0.15, 0.2) is 41.4 Å². The van der Waals surface area contributed by atoms with E-state index >= 15 is 0 Å². The van der Waals surface area contributed by atoms with Crippen molar-refractivity contribution in [1.29, 1.82) is 0 Å². The Kier molecular flexibility index (Phi) is 5.06. The zero-order valence-electron chi connectivity index (χ0n) is 15.4. The number of nitro groups is 1. The Morgan fingerprint density at radius 1 is 1.29 bits per heavy atom. The Bertz CT molecular complexity index is 1070. The molecule has 1 aliphatic rings. The average molecular weight is 398 g/mol. The maximum atomic E-state index is 11.3. The molecule has 0 fully saturated rings. The van der Waals surface area contributed by atoms with E-state index in [2.05, 4.69) is 0 Å². The van der Waals surface area contributed by atoms with Crippen molar-refractivity contribution in [2.45, 2.75) is 24.3 Å². The summed E-state index contributed by atoms with van der Waals surface area (Å²) in [5, 5.41) is 13.2. The van der Waals surface area contributed by atoms with E-state index in [-0.39, 0.29) is 12.5 Å². The molecule has 2 heterocycles. The van der Waals surface area contributed by atoms with Gasteiger partial charge in [0.15, 0.2) is 6.79 Å². The number of non-ortho nitro benzene ring substituents is 1. The van der Waals surface area contributed by atoms with Crippen LogP contribution in [0.1, 0.15) is 16.7 Å². The molecular weight excluding hydrogens is 380 g/mol. The maximum absolute atomic E-state index is 11.3. The molecule has 0 bridgehead atoms. The molecule has 0 spiro atoms. The Morgan fingerprint density at radius 2 is 2.14 bits per heavy atom. The topological polar surface area (TPSA) is 83.7 Å². The van der Waals surface area contributed by atoms with E-state index < -0.39 is 4.92 Å². The highest BCUT2D eigenvalue weighted by molar-refractivity contribution is 7.98. The van der Waals surface area contributed by atoms with Crippen molar-refractivity contribution < 1.29 is 19.1 Å². The van der Waals surface area contributed by atoms with Gasteiger partial charge in [-0.1, -0.05) is 0 Å². The number of methoxy groups -OCH3 is 1. The van der Waals surface area contributed by atoms with Crippen LogP contribution >= 0.6 is 11.8 Å². The summed E-state index contributed by atoms with van der Waals surface area (Å²) in [5.41, 5.74) is 3.47. The number of benzene rings is 2. The molecule has 0 saturated carbocycles. The molecule has 0 atom stereocenters. The number of aryl methyl sites for hydroxylation is 1. The Morgan fingerprint density at radius 3 is 2.93 bits per heavy atom. The van der Waals surface area contributed by atoms with Gasteiger partial charge in [-0.05, 0) is 30.7 Å². The molecule has 1 aliphatic heterocycles. The molecule has 7 nitrogen and oxygen atoms in total. The molecule has 0 unspecified atom stereocenters. The van der Waals surface area contributed by atoms with E-state index in [0.717, 1.165) is 32.8 Å². The number of nitrogens with zero attached hydrogens (tertiary/aromatic N) is 2. The first-order valence-electron chi connectivity index (χ1n) is 8.64. The van der Waals surface area contributed by atoms with Crippen LogP contribution in [0.5, 0.6) is 11.5 Å². The number of hydrogen-bond donors (Lipinski definition) is 0. The van der Waals surface area contributed by atoms with Gasteiger partial charge in [0.25, 0.3) is 5.69 Å². The average Bonchev–Trinajstić information content (AvgIpc) is 2.71. The predicted molar refractivity (Wildman–Crippen MR) is 106 cm³/mol. The summed E-state index contributed by atoms with van der Waals surface area (Å²) >= 11 is 1.51. The zero-order valence-corrected chi connectivity index (χ0v) is 16.2. The lowest BCUT2D eigenvalue weighted by molar-refractivity contribution is -0.385. The van der Waals surface area contributed by atoms with Gasteiger partial charge in [0.2, 0.25) is 0 Å². The fourth-order valence-electron chi connectivity index (χ4n) is 3.20. The van der Waals surface area contributed by atoms with Gasteiger partial charge < -0.3 is 14.2 Å². The van der Waals surface area contributed by atoms with Crippen molar-refractivity contribution >= 4 is 28.4 Å². The van der Waals surface area contributed by atoms with Crippen LogP contribution in [0.25, 0.3) is 10.9 Å². The monoisotopic (exact) mass is 398 g/mol. The van der Waals surface area contributed by atoms with Crippen LogP contribution < -0.4 is 9.47 Å². The third-order valence-corrected chi connectivity index (χ3v) is 5.52. The van der Waals surface area contributed by atoms with Gasteiger partial charge in [-0.3, -0.25) is 10.1 Å². The Labute approximate surface area is 165 Å². The molecule has 144 valence electrons. The van der Waals surface area contributed by atoms with Gasteiger partial charge in [-0.2, -0.15) is 0 Å². The minimum Gasteiger partial charge on any atom is -0.497 e. The summed E-state index contributed by atoms with van der Waals surface area (Å²) in [6.07, 6.45) is 0. The lowest BCUT2D eigenvalue weighted by atomic mass is 10.1. The summed E-state index contributed by atoms with van der Waals surface area (Å²) in [4.78, 5) is 15.6. The zero-order chi connectivity index (χ0) is 19.7. The highest BCUT2D eigenvalue weighted by atomic mass is 32.2. The number of fused-ring (bicyclic) bond motifs is 2. The molecule has 1 aromatic heterocycles. The number of thioether (sulfide) groups is 1. The standard InChI is InChI=1S/C20H18N2O5S/c1-12-5-19(21-18-8-16(25-2)3-4-17(12)18)28-10-14-7-15(22(23)24)6-13-9-26-11-27-20(13)14/h3-8H,9-11H2,1-2H3. The second-order valence-corrected chi connectivity index (χ2v) is 7.41. The smallest absolute Gasteiger partial charge is 0.270 e. The molecule has 0 N–H and O–H groups in total. The molecule has 4 rings (SSSR count). The third kappa shape index (κ3) is 3.61. The molecule has 8 heteroatoms. The van der Waals surface area contributed by atoms with Gasteiger partial charge in [0, 0.05) is 40.5 Å². The van der Waals surface area contributed by atoms with Crippen molar-refractivity contribution in [2.75, 3.05) is 13.9 Å². The molecule has 28 heavy (non-hydrogen) atoms. The van der Waals surface area contributed by atoms with E-state index in [4.69, 9.17) is 19.2 Å². The van der Waals surface area contributed by atoms with Crippen molar-refractivity contribution in [3.05, 3.63) is 63.2 Å². The van der Waals surface area contributed by atoms with Crippen LogP contribution in [-0.2, 0) is 17.1 Å². The lowest BCUT2D eigenvalue weighted by Crippen LogP contribution is -2.13. The highest BCUT2D eigenvalue weighted by Gasteiger charge is 2.21. The van der Waals surface area contributed by atoms with Crippen molar-refractivity contribution in [1.82, 2.24) is 4.98 Å². The fraction of sp³-hybridized carbons (Fsp3) is 0.250. The lowest BCUT2D eigenvalue weighted by Gasteiger charge is -2.20. The second kappa shape index (κ2) is 7.65. The van der Waals surface area contributed by atoms with Crippen LogP contribution in [-0.4, -0.2) is 23.8 Å². The molecule has 2 aromatic carbocycles. The third-order valence-electron chi connectivity index (χ3n) is 4.56. The molecule has 0 aliphatic carbocycles. The number of aromatic nitrogens is 1. The Hall–Kier alpha value is -2.84. The van der Waals surface area contributed by atoms with Gasteiger partial charge in [-0.15, -0.1) is 11.8 Å². The van der Waals surface area contributed by atoms with Crippen molar-refractivity contribution in [2.24, 2.45) is 0 Å². The van der Waals surface area contributed by atoms with Crippen LogP contribution in [0.4, 0.5) is 5.69 Å². The first-order chi connectivity index (χ1) is 13.5. The number of nitro benzene ring substituents is 1. The molecule has 0 saturated heterocycles. The minimum atomic E-state index is -0.395. The van der Waals surface area contributed by atoms with E-state index in [1.165, 1.54) is 17.8 Å². The number of hydrogen-bond acceptors (Lipinski definition) is 7. The quantitative estimate of drug-likeness (QED) is 0.352. The first kappa shape index (κ1) is 18.5. The summed E-state index contributed by atoms with van der Waals surface area (Å²) in [5.74, 6) is 1.93. The van der Waals surface area contributed by atoms with Crippen molar-refractivity contribution in [3.63, 3.8) is 0 Å². The first-order valence-corrected chi connectivity index (χ1v) is 9.62. The van der Waals surface area contributed by atoms with Crippen LogP contribution in [0.2, 0.25) is 0 Å². The van der Waals surface area contributed by atoms with Gasteiger partial charge in [-0.25, -0.2) is 4.98 Å². The van der Waals surface area contributed by atoms with Gasteiger partial charge >= 0.3 is 0 Å². The molecular formula is C20H18N2O5S. The van der Waals surface area contributed by atoms with Crippen LogP contribution in [0, 0.1) is 17.0 Å². The second-order valence-electron chi connectivity index (χ2n) is 6.41.